The van der Waals surface area contributed by atoms with E-state index in [1.165, 1.54) is 12.1 Å². The van der Waals surface area contributed by atoms with Gasteiger partial charge < -0.3 is 14.8 Å². The molecule has 0 aromatic heterocycles. The van der Waals surface area contributed by atoms with Gasteiger partial charge in [-0.15, -0.1) is 0 Å². The topological polar surface area (TPSA) is 90.7 Å². The van der Waals surface area contributed by atoms with Gasteiger partial charge in [0.2, 0.25) is 10.0 Å². The van der Waals surface area contributed by atoms with Crippen LogP contribution in [0.4, 0.5) is 0 Å². The van der Waals surface area contributed by atoms with Gasteiger partial charge in [-0.05, 0) is 35.7 Å². The lowest BCUT2D eigenvalue weighted by Crippen LogP contribution is -2.38. The molecule has 0 aliphatic carbocycles. The van der Waals surface area contributed by atoms with Crippen LogP contribution in [0.1, 0.15) is 11.1 Å². The summed E-state index contributed by atoms with van der Waals surface area (Å²) in [6.07, 6.45) is 0.849. The lowest BCUT2D eigenvalue weighted by atomic mass is 10.0. The third kappa shape index (κ3) is 3.69. The van der Waals surface area contributed by atoms with Gasteiger partial charge in [0.15, 0.2) is 11.5 Å². The maximum absolute atomic E-state index is 11.3. The molecule has 0 saturated carbocycles. The number of sulfonamides is 1. The second-order valence-electron chi connectivity index (χ2n) is 5.73. The molecule has 2 aromatic rings. The van der Waals surface area contributed by atoms with E-state index in [9.17, 15) is 8.42 Å². The van der Waals surface area contributed by atoms with Gasteiger partial charge in [0.1, 0.15) is 6.61 Å². The van der Waals surface area contributed by atoms with E-state index < -0.39 is 10.0 Å². The molecule has 3 N–H and O–H groups in total. The van der Waals surface area contributed by atoms with Gasteiger partial charge in [0.25, 0.3) is 0 Å². The highest BCUT2D eigenvalue weighted by molar-refractivity contribution is 7.89. The number of para-hydroxylation sites is 1. The number of hydrogen-bond donors (Lipinski definition) is 2. The maximum atomic E-state index is 11.3. The molecular formula is C17H20N2O4S. The van der Waals surface area contributed by atoms with Crippen LogP contribution in [0, 0.1) is 0 Å². The number of benzene rings is 2. The summed E-state index contributed by atoms with van der Waals surface area (Å²) in [6.45, 7) is 1.18. The molecule has 0 amide bonds. The average molecular weight is 348 g/mol. The number of rotatable bonds is 5. The van der Waals surface area contributed by atoms with Crippen LogP contribution in [0.2, 0.25) is 0 Å². The quantitative estimate of drug-likeness (QED) is 0.853. The fourth-order valence-electron chi connectivity index (χ4n) is 2.75. The third-order valence-electron chi connectivity index (χ3n) is 4.02. The molecule has 0 spiro atoms. The largest absolute Gasteiger partial charge is 0.493 e. The Labute approximate surface area is 141 Å². The zero-order chi connectivity index (χ0) is 17.2. The molecule has 1 heterocycles. The first-order chi connectivity index (χ1) is 11.5. The second-order valence-corrected chi connectivity index (χ2v) is 7.29. The van der Waals surface area contributed by atoms with Crippen molar-refractivity contribution in [3.05, 3.63) is 53.6 Å². The van der Waals surface area contributed by atoms with E-state index in [0.29, 0.717) is 13.2 Å². The van der Waals surface area contributed by atoms with Gasteiger partial charge in [-0.2, -0.15) is 0 Å². The van der Waals surface area contributed by atoms with E-state index in [1.807, 2.05) is 18.2 Å². The van der Waals surface area contributed by atoms with Gasteiger partial charge >= 0.3 is 0 Å². The SMILES string of the molecule is COc1cccc2c1OCC(NCc1ccc(S(N)(=O)=O)cc1)C2. The third-order valence-corrected chi connectivity index (χ3v) is 4.95. The Morgan fingerprint density at radius 2 is 2.00 bits per heavy atom. The van der Waals surface area contributed by atoms with Crippen LogP contribution in [0.5, 0.6) is 11.5 Å². The fraction of sp³-hybridized carbons (Fsp3) is 0.294. The van der Waals surface area contributed by atoms with Gasteiger partial charge in [0, 0.05) is 12.6 Å². The fourth-order valence-corrected chi connectivity index (χ4v) is 3.26. The molecule has 1 aliphatic rings. The lowest BCUT2D eigenvalue weighted by molar-refractivity contribution is 0.226. The van der Waals surface area contributed by atoms with Crippen molar-refractivity contribution in [1.29, 1.82) is 0 Å². The molecule has 6 nitrogen and oxygen atoms in total. The monoisotopic (exact) mass is 348 g/mol. The summed E-state index contributed by atoms with van der Waals surface area (Å²) in [6, 6.07) is 12.6. The highest BCUT2D eigenvalue weighted by atomic mass is 32.2. The van der Waals surface area contributed by atoms with Crippen molar-refractivity contribution in [3.63, 3.8) is 0 Å². The molecule has 0 fully saturated rings. The van der Waals surface area contributed by atoms with Crippen molar-refractivity contribution in [1.82, 2.24) is 5.32 Å². The summed E-state index contributed by atoms with van der Waals surface area (Å²) in [5, 5.41) is 8.52. The summed E-state index contributed by atoms with van der Waals surface area (Å²) < 4.78 is 33.6. The van der Waals surface area contributed by atoms with Crippen LogP contribution in [0.15, 0.2) is 47.4 Å². The van der Waals surface area contributed by atoms with E-state index in [2.05, 4.69) is 5.32 Å². The van der Waals surface area contributed by atoms with Crippen molar-refractivity contribution in [2.24, 2.45) is 5.14 Å². The Balaban J connectivity index is 1.62. The van der Waals surface area contributed by atoms with Crippen LogP contribution in [0.25, 0.3) is 0 Å². The minimum atomic E-state index is -3.65. The molecule has 3 rings (SSSR count). The van der Waals surface area contributed by atoms with Gasteiger partial charge in [0.05, 0.1) is 12.0 Å². The van der Waals surface area contributed by atoms with Crippen LogP contribution in [-0.2, 0) is 23.0 Å². The molecule has 2 aromatic carbocycles. The van der Waals surface area contributed by atoms with Crippen molar-refractivity contribution < 1.29 is 17.9 Å². The number of nitrogens with two attached hydrogens (primary N) is 1. The molecule has 24 heavy (non-hydrogen) atoms. The van der Waals surface area contributed by atoms with E-state index in [-0.39, 0.29) is 10.9 Å². The first-order valence-corrected chi connectivity index (χ1v) is 9.16. The Hall–Kier alpha value is -2.09. The molecule has 7 heteroatoms. The Morgan fingerprint density at radius 3 is 2.67 bits per heavy atom. The number of methoxy groups -OCH3 is 1. The first-order valence-electron chi connectivity index (χ1n) is 7.61. The summed E-state index contributed by atoms with van der Waals surface area (Å²) in [7, 11) is -2.01. The maximum Gasteiger partial charge on any atom is 0.238 e. The molecule has 0 saturated heterocycles. The average Bonchev–Trinajstić information content (AvgIpc) is 2.58. The van der Waals surface area contributed by atoms with Crippen LogP contribution < -0.4 is 19.9 Å². The number of primary sulfonamides is 1. The van der Waals surface area contributed by atoms with Crippen LogP contribution in [-0.4, -0.2) is 28.2 Å². The van der Waals surface area contributed by atoms with Gasteiger partial charge in [-0.25, -0.2) is 13.6 Å². The minimum Gasteiger partial charge on any atom is -0.493 e. The molecule has 1 unspecified atom stereocenters. The molecule has 1 aliphatic heterocycles. The Kier molecular flexibility index (Phi) is 4.75. The lowest BCUT2D eigenvalue weighted by Gasteiger charge is -2.27. The summed E-state index contributed by atoms with van der Waals surface area (Å²) in [5.41, 5.74) is 2.10. The molecule has 1 atom stereocenters. The zero-order valence-corrected chi connectivity index (χ0v) is 14.2. The number of hydrogen-bond acceptors (Lipinski definition) is 5. The van der Waals surface area contributed by atoms with Crippen LogP contribution >= 0.6 is 0 Å². The molecular weight excluding hydrogens is 328 g/mol. The zero-order valence-electron chi connectivity index (χ0n) is 13.4. The van der Waals surface area contributed by atoms with Gasteiger partial charge in [-0.1, -0.05) is 24.3 Å². The van der Waals surface area contributed by atoms with E-state index in [1.54, 1.807) is 19.2 Å². The van der Waals surface area contributed by atoms with Crippen LogP contribution in [0.3, 0.4) is 0 Å². The summed E-state index contributed by atoms with van der Waals surface area (Å²) in [4.78, 5) is 0.119. The number of fused-ring (bicyclic) bond motifs is 1. The highest BCUT2D eigenvalue weighted by Gasteiger charge is 2.22. The molecule has 0 radical (unpaired) electrons. The Bertz CT molecular complexity index is 819. The van der Waals surface area contributed by atoms with Crippen molar-refractivity contribution in [3.8, 4) is 11.5 Å². The number of ether oxygens (including phenoxy) is 2. The van der Waals surface area contributed by atoms with Crippen molar-refractivity contribution in [2.75, 3.05) is 13.7 Å². The van der Waals surface area contributed by atoms with E-state index in [4.69, 9.17) is 14.6 Å². The summed E-state index contributed by atoms with van der Waals surface area (Å²) >= 11 is 0. The van der Waals surface area contributed by atoms with Crippen molar-refractivity contribution in [2.45, 2.75) is 23.9 Å². The van der Waals surface area contributed by atoms with E-state index >= 15 is 0 Å². The molecule has 128 valence electrons. The highest BCUT2D eigenvalue weighted by Crippen LogP contribution is 2.34. The first kappa shape index (κ1) is 16.8. The predicted molar refractivity (Wildman–Crippen MR) is 90.6 cm³/mol. The molecule has 0 bridgehead atoms. The predicted octanol–water partition coefficient (Wildman–Crippen LogP) is 1.44. The normalized spacial score (nSPS) is 17.0. The summed E-state index contributed by atoms with van der Waals surface area (Å²) in [5.74, 6) is 1.57. The van der Waals surface area contributed by atoms with Crippen molar-refractivity contribution >= 4 is 10.0 Å². The standard InChI is InChI=1S/C17H20N2O4S/c1-22-16-4-2-3-13-9-14(11-23-17(13)16)19-10-12-5-7-15(8-6-12)24(18,20)21/h2-8,14,19H,9-11H2,1H3,(H2,18,20,21). The van der Waals surface area contributed by atoms with Gasteiger partial charge in [-0.3, -0.25) is 0 Å². The minimum absolute atomic E-state index is 0.119. The Morgan fingerprint density at radius 1 is 1.25 bits per heavy atom. The number of nitrogens with one attached hydrogen (secondary N) is 1. The second kappa shape index (κ2) is 6.80. The van der Waals surface area contributed by atoms with E-state index in [0.717, 1.165) is 29.0 Å². The smallest absolute Gasteiger partial charge is 0.238 e.